The van der Waals surface area contributed by atoms with E-state index in [1.165, 1.54) is 0 Å². The third-order valence-electron chi connectivity index (χ3n) is 4.67. The lowest BCUT2D eigenvalue weighted by atomic mass is 9.99. The number of carbonyl (C=O) groups excluding carboxylic acids is 3. The van der Waals surface area contributed by atoms with Gasteiger partial charge in [-0.25, -0.2) is 4.79 Å². The summed E-state index contributed by atoms with van der Waals surface area (Å²) < 4.78 is 6.25. The predicted octanol–water partition coefficient (Wildman–Crippen LogP) is 4.58. The maximum atomic E-state index is 12.6. The van der Waals surface area contributed by atoms with E-state index in [0.29, 0.717) is 22.7 Å². The molecule has 0 fully saturated rings. The summed E-state index contributed by atoms with van der Waals surface area (Å²) in [6.45, 7) is 5.19. The highest BCUT2D eigenvalue weighted by atomic mass is 127. The number of anilines is 1. The molecule has 160 valence electrons. The van der Waals surface area contributed by atoms with Gasteiger partial charge in [-0.1, -0.05) is 31.9 Å². The summed E-state index contributed by atoms with van der Waals surface area (Å²) in [4.78, 5) is 37.3. The first-order valence-corrected chi connectivity index (χ1v) is 11.0. The first-order chi connectivity index (χ1) is 14.2. The number of esters is 1. The van der Waals surface area contributed by atoms with Crippen LogP contribution in [0.5, 0.6) is 0 Å². The van der Waals surface area contributed by atoms with Crippen LogP contribution in [0, 0.1) is 16.4 Å². The Morgan fingerprint density at radius 2 is 1.80 bits per heavy atom. The minimum absolute atomic E-state index is 0.171. The SMILES string of the molecule is CCC(C)C(NC(=O)c1ccc(Cl)cc1)C(=O)OCC(=O)Nc1ccc(I)cc1C. The molecule has 0 saturated heterocycles. The van der Waals surface area contributed by atoms with E-state index in [-0.39, 0.29) is 5.92 Å². The van der Waals surface area contributed by atoms with Gasteiger partial charge < -0.3 is 15.4 Å². The standard InChI is InChI=1S/C22H24ClIN2O4/c1-4-13(2)20(26-21(28)15-5-7-16(23)8-6-15)22(29)30-12-19(27)25-18-10-9-17(24)11-14(18)3/h5-11,13,20H,4,12H2,1-3H3,(H,25,27)(H,26,28). The highest BCUT2D eigenvalue weighted by molar-refractivity contribution is 14.1. The smallest absolute Gasteiger partial charge is 0.329 e. The summed E-state index contributed by atoms with van der Waals surface area (Å²) in [5, 5.41) is 5.94. The van der Waals surface area contributed by atoms with Gasteiger partial charge in [0.05, 0.1) is 0 Å². The summed E-state index contributed by atoms with van der Waals surface area (Å²) in [7, 11) is 0. The molecule has 6 nitrogen and oxygen atoms in total. The average Bonchev–Trinajstić information content (AvgIpc) is 2.72. The number of hydrogen-bond acceptors (Lipinski definition) is 4. The summed E-state index contributed by atoms with van der Waals surface area (Å²) in [6.07, 6.45) is 0.648. The molecule has 2 N–H and O–H groups in total. The third kappa shape index (κ3) is 6.98. The lowest BCUT2D eigenvalue weighted by Gasteiger charge is -2.22. The number of benzene rings is 2. The van der Waals surface area contributed by atoms with Crippen molar-refractivity contribution < 1.29 is 19.1 Å². The highest BCUT2D eigenvalue weighted by Crippen LogP contribution is 2.18. The average molecular weight is 543 g/mol. The molecule has 2 atom stereocenters. The topological polar surface area (TPSA) is 84.5 Å². The van der Waals surface area contributed by atoms with E-state index < -0.39 is 30.4 Å². The van der Waals surface area contributed by atoms with Crippen molar-refractivity contribution in [1.82, 2.24) is 5.32 Å². The highest BCUT2D eigenvalue weighted by Gasteiger charge is 2.28. The van der Waals surface area contributed by atoms with Crippen molar-refractivity contribution in [2.24, 2.45) is 5.92 Å². The number of hydrogen-bond donors (Lipinski definition) is 2. The third-order valence-corrected chi connectivity index (χ3v) is 5.59. The van der Waals surface area contributed by atoms with E-state index >= 15 is 0 Å². The second-order valence-corrected chi connectivity index (χ2v) is 8.64. The van der Waals surface area contributed by atoms with Crippen molar-refractivity contribution in [2.75, 3.05) is 11.9 Å². The molecule has 0 heterocycles. The van der Waals surface area contributed by atoms with Gasteiger partial charge in [0, 0.05) is 19.8 Å². The Bertz CT molecular complexity index is 918. The lowest BCUT2D eigenvalue weighted by molar-refractivity contribution is -0.150. The van der Waals surface area contributed by atoms with Crippen LogP contribution in [0.4, 0.5) is 5.69 Å². The van der Waals surface area contributed by atoms with Crippen LogP contribution in [0.25, 0.3) is 0 Å². The maximum Gasteiger partial charge on any atom is 0.329 e. The van der Waals surface area contributed by atoms with Crippen LogP contribution in [0.3, 0.4) is 0 Å². The molecule has 0 radical (unpaired) electrons. The summed E-state index contributed by atoms with van der Waals surface area (Å²) in [6, 6.07) is 11.1. The maximum absolute atomic E-state index is 12.6. The van der Waals surface area contributed by atoms with Crippen molar-refractivity contribution in [1.29, 1.82) is 0 Å². The summed E-state index contributed by atoms with van der Waals surface area (Å²) >= 11 is 8.04. The van der Waals surface area contributed by atoms with Gasteiger partial charge in [-0.2, -0.15) is 0 Å². The first-order valence-electron chi connectivity index (χ1n) is 9.50. The van der Waals surface area contributed by atoms with Crippen molar-refractivity contribution >= 4 is 57.7 Å². The molecule has 0 aliphatic heterocycles. The van der Waals surface area contributed by atoms with E-state index in [0.717, 1.165) is 9.13 Å². The number of halogens is 2. The van der Waals surface area contributed by atoms with Crippen molar-refractivity contribution in [3.63, 3.8) is 0 Å². The molecular weight excluding hydrogens is 519 g/mol. The molecule has 0 spiro atoms. The molecule has 0 bridgehead atoms. The second-order valence-electron chi connectivity index (χ2n) is 6.96. The second kappa shape index (κ2) is 11.3. The quantitative estimate of drug-likeness (QED) is 0.378. The Hall–Kier alpha value is -2.13. The van der Waals surface area contributed by atoms with Crippen LogP contribution in [0.15, 0.2) is 42.5 Å². The van der Waals surface area contributed by atoms with Gasteiger partial charge in [-0.15, -0.1) is 0 Å². The van der Waals surface area contributed by atoms with Crippen LogP contribution in [-0.2, 0) is 14.3 Å². The zero-order valence-corrected chi connectivity index (χ0v) is 19.9. The van der Waals surface area contributed by atoms with Gasteiger partial charge in [-0.3, -0.25) is 9.59 Å². The van der Waals surface area contributed by atoms with Crippen LogP contribution in [0.1, 0.15) is 36.2 Å². The van der Waals surface area contributed by atoms with Crippen LogP contribution >= 0.6 is 34.2 Å². The molecule has 2 aromatic carbocycles. The number of nitrogens with one attached hydrogen (secondary N) is 2. The zero-order chi connectivity index (χ0) is 22.3. The molecule has 0 aromatic heterocycles. The number of rotatable bonds is 8. The molecule has 2 aromatic rings. The van der Waals surface area contributed by atoms with Crippen molar-refractivity contribution in [2.45, 2.75) is 33.2 Å². The van der Waals surface area contributed by atoms with E-state index in [1.54, 1.807) is 30.3 Å². The van der Waals surface area contributed by atoms with Crippen LogP contribution in [-0.4, -0.2) is 30.4 Å². The van der Waals surface area contributed by atoms with E-state index in [1.807, 2.05) is 32.9 Å². The van der Waals surface area contributed by atoms with E-state index in [9.17, 15) is 14.4 Å². The molecule has 0 aliphatic carbocycles. The van der Waals surface area contributed by atoms with Gasteiger partial charge in [0.1, 0.15) is 6.04 Å². The van der Waals surface area contributed by atoms with E-state index in [2.05, 4.69) is 33.2 Å². The Morgan fingerprint density at radius 1 is 1.13 bits per heavy atom. The molecule has 0 aliphatic rings. The monoisotopic (exact) mass is 542 g/mol. The van der Waals surface area contributed by atoms with Gasteiger partial charge >= 0.3 is 5.97 Å². The number of carbonyl (C=O) groups is 3. The number of ether oxygens (including phenoxy) is 1. The Labute approximate surface area is 194 Å². The number of amides is 2. The fourth-order valence-corrected chi connectivity index (χ4v) is 3.45. The Morgan fingerprint density at radius 3 is 2.40 bits per heavy atom. The zero-order valence-electron chi connectivity index (χ0n) is 17.0. The van der Waals surface area contributed by atoms with Gasteiger partial charge in [0.2, 0.25) is 0 Å². The Kier molecular flexibility index (Phi) is 9.10. The van der Waals surface area contributed by atoms with Gasteiger partial charge in [0.25, 0.3) is 11.8 Å². The van der Waals surface area contributed by atoms with Crippen LogP contribution in [0.2, 0.25) is 5.02 Å². The normalized spacial score (nSPS) is 12.6. The molecule has 2 amide bonds. The molecule has 2 unspecified atom stereocenters. The largest absolute Gasteiger partial charge is 0.454 e. The minimum Gasteiger partial charge on any atom is -0.454 e. The van der Waals surface area contributed by atoms with Gasteiger partial charge in [0.15, 0.2) is 6.61 Å². The fraction of sp³-hybridized carbons (Fsp3) is 0.318. The lowest BCUT2D eigenvalue weighted by Crippen LogP contribution is -2.46. The van der Waals surface area contributed by atoms with E-state index in [4.69, 9.17) is 16.3 Å². The molecule has 2 rings (SSSR count). The summed E-state index contributed by atoms with van der Waals surface area (Å²) in [5.74, 6) is -1.68. The van der Waals surface area contributed by atoms with Crippen molar-refractivity contribution in [3.05, 3.63) is 62.2 Å². The fourth-order valence-electron chi connectivity index (χ4n) is 2.68. The van der Waals surface area contributed by atoms with Gasteiger partial charge in [-0.05, 0) is 83.5 Å². The predicted molar refractivity (Wildman–Crippen MR) is 126 cm³/mol. The molecule has 8 heteroatoms. The Balaban J connectivity index is 1.98. The molecule has 0 saturated carbocycles. The number of aryl methyl sites for hydroxylation is 1. The first kappa shape index (κ1) is 24.1. The summed E-state index contributed by atoms with van der Waals surface area (Å²) in [5.41, 5.74) is 1.95. The molecule has 30 heavy (non-hydrogen) atoms. The minimum atomic E-state index is -0.869. The van der Waals surface area contributed by atoms with Crippen LogP contribution < -0.4 is 10.6 Å². The molecular formula is C22H24ClIN2O4. The van der Waals surface area contributed by atoms with Crippen molar-refractivity contribution in [3.8, 4) is 0 Å².